The Morgan fingerprint density at radius 1 is 0.955 bits per heavy atom. The maximum Gasteiger partial charge on any atom is 0.299 e. The number of benzene rings is 2. The number of nitriles is 1. The SMILES string of the molecule is CCCCn1c(O)c(C#N)c(C)c(N=Nc2cc(Cl)c(N=Nc3c(C)[nH]n(-c4ccc(S(=O)(=O)O)cc4)c3=O)cc2Cl)c1=O. The Labute approximate surface area is 260 Å². The highest BCUT2D eigenvalue weighted by molar-refractivity contribution is 7.85. The van der Waals surface area contributed by atoms with Gasteiger partial charge in [-0.05, 0) is 56.7 Å². The van der Waals surface area contributed by atoms with Gasteiger partial charge in [-0.25, -0.2) is 4.68 Å². The van der Waals surface area contributed by atoms with Crippen molar-refractivity contribution in [3.63, 3.8) is 0 Å². The second kappa shape index (κ2) is 12.9. The van der Waals surface area contributed by atoms with Gasteiger partial charge in [0.05, 0.1) is 26.3 Å². The molecule has 2 heterocycles. The molecular weight excluding hydrogens is 635 g/mol. The zero-order valence-corrected chi connectivity index (χ0v) is 25.7. The van der Waals surface area contributed by atoms with Gasteiger partial charge in [0.1, 0.15) is 23.0 Å². The van der Waals surface area contributed by atoms with E-state index in [1.807, 2.05) is 13.0 Å². The van der Waals surface area contributed by atoms with E-state index in [0.29, 0.717) is 12.1 Å². The smallest absolute Gasteiger partial charge is 0.299 e. The van der Waals surface area contributed by atoms with Gasteiger partial charge in [0.25, 0.3) is 21.2 Å². The van der Waals surface area contributed by atoms with Gasteiger partial charge >= 0.3 is 0 Å². The number of aryl methyl sites for hydroxylation is 1. The van der Waals surface area contributed by atoms with Crippen LogP contribution in [-0.4, -0.2) is 32.4 Å². The zero-order chi connectivity index (χ0) is 32.3. The molecule has 2 aromatic heterocycles. The maximum absolute atomic E-state index is 13.0. The van der Waals surface area contributed by atoms with E-state index in [1.54, 1.807) is 6.92 Å². The van der Waals surface area contributed by atoms with Gasteiger partial charge < -0.3 is 5.11 Å². The lowest BCUT2D eigenvalue weighted by Crippen LogP contribution is -2.22. The van der Waals surface area contributed by atoms with E-state index in [9.17, 15) is 28.4 Å². The second-order valence-corrected chi connectivity index (χ2v) is 11.7. The molecular formula is C27H24Cl2N8O6S. The molecule has 0 aliphatic carbocycles. The summed E-state index contributed by atoms with van der Waals surface area (Å²) in [6, 6.07) is 9.49. The number of aromatic nitrogens is 3. The van der Waals surface area contributed by atoms with Crippen LogP contribution in [0.5, 0.6) is 5.88 Å². The van der Waals surface area contributed by atoms with Gasteiger partial charge in [-0.15, -0.1) is 20.5 Å². The van der Waals surface area contributed by atoms with Crippen LogP contribution in [0.25, 0.3) is 5.69 Å². The Balaban J connectivity index is 1.65. The Morgan fingerprint density at radius 2 is 1.52 bits per heavy atom. The van der Waals surface area contributed by atoms with E-state index >= 15 is 0 Å². The number of aromatic hydroxyl groups is 1. The predicted molar refractivity (Wildman–Crippen MR) is 162 cm³/mol. The van der Waals surface area contributed by atoms with E-state index in [-0.39, 0.29) is 61.0 Å². The second-order valence-electron chi connectivity index (χ2n) is 9.44. The molecule has 0 saturated heterocycles. The van der Waals surface area contributed by atoms with Gasteiger partial charge in [0, 0.05) is 12.1 Å². The molecule has 0 atom stereocenters. The van der Waals surface area contributed by atoms with E-state index < -0.39 is 27.1 Å². The highest BCUT2D eigenvalue weighted by Crippen LogP contribution is 2.38. The van der Waals surface area contributed by atoms with Gasteiger partial charge in [-0.1, -0.05) is 36.5 Å². The Hall–Kier alpha value is -4.62. The number of rotatable bonds is 9. The van der Waals surface area contributed by atoms with Crippen molar-refractivity contribution in [2.24, 2.45) is 20.5 Å². The van der Waals surface area contributed by atoms with Crippen LogP contribution >= 0.6 is 23.2 Å². The molecule has 0 saturated carbocycles. The number of H-pyrrole nitrogens is 1. The first-order valence-electron chi connectivity index (χ1n) is 12.9. The summed E-state index contributed by atoms with van der Waals surface area (Å²) in [6.45, 7) is 5.16. The fourth-order valence-electron chi connectivity index (χ4n) is 4.07. The van der Waals surface area contributed by atoms with Crippen LogP contribution in [0.2, 0.25) is 10.0 Å². The molecule has 228 valence electrons. The van der Waals surface area contributed by atoms with Crippen LogP contribution in [0.1, 0.15) is 36.6 Å². The topological polar surface area (TPSA) is 208 Å². The zero-order valence-electron chi connectivity index (χ0n) is 23.4. The number of halogens is 2. The molecule has 0 fully saturated rings. The van der Waals surface area contributed by atoms with Crippen molar-refractivity contribution in [1.29, 1.82) is 5.26 Å². The third kappa shape index (κ3) is 6.48. The molecule has 17 heteroatoms. The van der Waals surface area contributed by atoms with E-state index in [4.69, 9.17) is 27.8 Å². The van der Waals surface area contributed by atoms with Crippen molar-refractivity contribution < 1.29 is 18.1 Å². The number of hydrogen-bond donors (Lipinski definition) is 3. The Kier molecular flexibility index (Phi) is 9.50. The summed E-state index contributed by atoms with van der Waals surface area (Å²) in [5.74, 6) is -0.433. The van der Waals surface area contributed by atoms with Crippen LogP contribution in [0, 0.1) is 25.2 Å². The number of nitrogens with zero attached hydrogens (tertiary/aromatic N) is 7. The lowest BCUT2D eigenvalue weighted by atomic mass is 10.1. The molecule has 0 aliphatic heterocycles. The summed E-state index contributed by atoms with van der Waals surface area (Å²) in [4.78, 5) is 25.7. The summed E-state index contributed by atoms with van der Waals surface area (Å²) in [7, 11) is -4.40. The van der Waals surface area contributed by atoms with Gasteiger partial charge in [-0.2, -0.15) is 13.7 Å². The maximum atomic E-state index is 13.0. The van der Waals surface area contributed by atoms with Crippen LogP contribution in [0.3, 0.4) is 0 Å². The van der Waals surface area contributed by atoms with E-state index in [1.165, 1.54) is 31.2 Å². The van der Waals surface area contributed by atoms with E-state index in [2.05, 4.69) is 25.6 Å². The Morgan fingerprint density at radius 3 is 2.05 bits per heavy atom. The summed E-state index contributed by atoms with van der Waals surface area (Å²) in [5.41, 5.74) is -0.557. The fourth-order valence-corrected chi connectivity index (χ4v) is 4.94. The van der Waals surface area contributed by atoms with Crippen molar-refractivity contribution in [2.45, 2.75) is 45.1 Å². The van der Waals surface area contributed by atoms with Crippen molar-refractivity contribution in [2.75, 3.05) is 0 Å². The highest BCUT2D eigenvalue weighted by atomic mass is 35.5. The number of nitrogens with one attached hydrogen (secondary N) is 1. The molecule has 4 aromatic rings. The third-order valence-corrected chi connectivity index (χ3v) is 7.94. The summed E-state index contributed by atoms with van der Waals surface area (Å²) >= 11 is 12.8. The monoisotopic (exact) mass is 658 g/mol. The number of pyridine rings is 1. The minimum absolute atomic E-state index is 0.0393. The standard InChI is InChI=1S/C27H24Cl2N8O6S/c1-4-5-10-36-25(38)18(13-30)14(2)23(26(36)39)33-31-21-11-20(29)22(12-19(21)28)32-34-24-15(3)35-37(27(24)40)16-6-8-17(9-7-16)44(41,42)43/h6-9,11-12,35,38H,4-5,10H2,1-3H3,(H,41,42,43). The van der Waals surface area contributed by atoms with Crippen LogP contribution in [0.15, 0.2) is 71.3 Å². The number of hydrogen-bond acceptors (Lipinski definition) is 10. The van der Waals surface area contributed by atoms with E-state index in [0.717, 1.165) is 27.8 Å². The molecule has 0 spiro atoms. The summed E-state index contributed by atoms with van der Waals surface area (Å²) in [6.07, 6.45) is 1.35. The lowest BCUT2D eigenvalue weighted by Gasteiger charge is -2.12. The van der Waals surface area contributed by atoms with Gasteiger partial charge in [0.15, 0.2) is 11.4 Å². The summed E-state index contributed by atoms with van der Waals surface area (Å²) in [5, 5.41) is 39.0. The highest BCUT2D eigenvalue weighted by Gasteiger charge is 2.19. The van der Waals surface area contributed by atoms with Crippen LogP contribution < -0.4 is 11.1 Å². The molecule has 3 N–H and O–H groups in total. The van der Waals surface area contributed by atoms with Crippen molar-refractivity contribution >= 4 is 56.1 Å². The number of aromatic amines is 1. The normalized spacial score (nSPS) is 11.9. The first kappa shape index (κ1) is 32.3. The van der Waals surface area contributed by atoms with Gasteiger partial charge in [-0.3, -0.25) is 23.8 Å². The van der Waals surface area contributed by atoms with Crippen molar-refractivity contribution in [3.8, 4) is 17.6 Å². The molecule has 0 amide bonds. The Bertz CT molecular complexity index is 2090. The molecule has 2 aromatic carbocycles. The minimum atomic E-state index is -4.40. The first-order chi connectivity index (χ1) is 20.8. The van der Waals surface area contributed by atoms with Crippen LogP contribution in [0.4, 0.5) is 22.7 Å². The van der Waals surface area contributed by atoms with Crippen molar-refractivity contribution in [1.82, 2.24) is 14.3 Å². The quantitative estimate of drug-likeness (QED) is 0.131. The molecule has 44 heavy (non-hydrogen) atoms. The third-order valence-electron chi connectivity index (χ3n) is 6.47. The lowest BCUT2D eigenvalue weighted by molar-refractivity contribution is 0.399. The van der Waals surface area contributed by atoms with Gasteiger partial charge in [0.2, 0.25) is 5.88 Å². The molecule has 0 aliphatic rings. The average Bonchev–Trinajstić information content (AvgIpc) is 3.26. The predicted octanol–water partition coefficient (Wildman–Crippen LogP) is 6.71. The van der Waals surface area contributed by atoms with Crippen LogP contribution in [-0.2, 0) is 16.7 Å². The average molecular weight is 660 g/mol. The fraction of sp³-hybridized carbons (Fsp3) is 0.222. The number of azo groups is 2. The minimum Gasteiger partial charge on any atom is -0.493 e. The van der Waals surface area contributed by atoms with Crippen molar-refractivity contribution in [3.05, 3.63) is 84.0 Å². The molecule has 0 unspecified atom stereocenters. The number of unbranched alkanes of at least 4 members (excludes halogenated alkanes) is 1. The molecule has 4 rings (SSSR count). The molecule has 0 bridgehead atoms. The molecule has 14 nitrogen and oxygen atoms in total. The first-order valence-corrected chi connectivity index (χ1v) is 15.1. The largest absolute Gasteiger partial charge is 0.493 e. The molecule has 0 radical (unpaired) electrons. The summed E-state index contributed by atoms with van der Waals surface area (Å²) < 4.78 is 33.9.